The zero-order valence-electron chi connectivity index (χ0n) is 10.5. The van der Waals surface area contributed by atoms with Crippen LogP contribution >= 0.6 is 12.6 Å². The molecule has 1 fully saturated rings. The van der Waals surface area contributed by atoms with Crippen molar-refractivity contribution >= 4 is 18.6 Å². The maximum Gasteiger partial charge on any atom is 0.337 e. The van der Waals surface area contributed by atoms with Crippen LogP contribution in [0, 0.1) is 5.41 Å². The van der Waals surface area contributed by atoms with Crippen LogP contribution in [0.2, 0.25) is 0 Å². The van der Waals surface area contributed by atoms with E-state index < -0.39 is 0 Å². The van der Waals surface area contributed by atoms with Gasteiger partial charge >= 0.3 is 5.97 Å². The first kappa shape index (κ1) is 13.3. The molecule has 1 aromatic carbocycles. The highest BCUT2D eigenvalue weighted by molar-refractivity contribution is 7.80. The van der Waals surface area contributed by atoms with Crippen LogP contribution in [0.4, 0.5) is 0 Å². The minimum Gasteiger partial charge on any atom is -0.493 e. The second kappa shape index (κ2) is 5.65. The lowest BCUT2D eigenvalue weighted by Gasteiger charge is -2.40. The first-order valence-electron chi connectivity index (χ1n) is 6.11. The predicted octanol–water partition coefficient (Wildman–Crippen LogP) is 2.95. The Balaban J connectivity index is 1.99. The molecule has 18 heavy (non-hydrogen) atoms. The van der Waals surface area contributed by atoms with E-state index >= 15 is 0 Å². The van der Waals surface area contributed by atoms with E-state index in [0.717, 1.165) is 5.75 Å². The normalized spacial score (nSPS) is 16.8. The molecule has 98 valence electrons. The van der Waals surface area contributed by atoms with Crippen molar-refractivity contribution in [1.29, 1.82) is 0 Å². The topological polar surface area (TPSA) is 35.5 Å². The Morgan fingerprint density at radius 2 is 2.22 bits per heavy atom. The lowest BCUT2D eigenvalue weighted by molar-refractivity contribution is 0.0598. The van der Waals surface area contributed by atoms with Gasteiger partial charge in [0, 0.05) is 5.41 Å². The third-order valence-corrected chi connectivity index (χ3v) is 4.22. The fourth-order valence-electron chi connectivity index (χ4n) is 2.09. The smallest absolute Gasteiger partial charge is 0.337 e. The molecule has 0 N–H and O–H groups in total. The number of hydrogen-bond donors (Lipinski definition) is 1. The van der Waals surface area contributed by atoms with Crippen LogP contribution in [0.15, 0.2) is 24.3 Å². The van der Waals surface area contributed by atoms with E-state index in [1.807, 2.05) is 6.07 Å². The fraction of sp³-hybridized carbons (Fsp3) is 0.500. The second-order valence-corrected chi connectivity index (χ2v) is 5.14. The molecule has 1 saturated carbocycles. The van der Waals surface area contributed by atoms with Crippen LogP contribution in [0.25, 0.3) is 0 Å². The van der Waals surface area contributed by atoms with Crippen molar-refractivity contribution in [2.24, 2.45) is 5.41 Å². The lowest BCUT2D eigenvalue weighted by atomic mass is 9.71. The summed E-state index contributed by atoms with van der Waals surface area (Å²) < 4.78 is 10.5. The van der Waals surface area contributed by atoms with Crippen molar-refractivity contribution in [2.45, 2.75) is 19.3 Å². The molecule has 0 spiro atoms. The molecule has 0 bridgehead atoms. The van der Waals surface area contributed by atoms with Crippen LogP contribution in [-0.2, 0) is 4.74 Å². The van der Waals surface area contributed by atoms with Crippen molar-refractivity contribution in [1.82, 2.24) is 0 Å². The van der Waals surface area contributed by atoms with Gasteiger partial charge in [0.25, 0.3) is 0 Å². The Hall–Kier alpha value is -1.16. The number of methoxy groups -OCH3 is 1. The minimum atomic E-state index is -0.340. The molecule has 1 aromatic rings. The third-order valence-electron chi connectivity index (χ3n) is 3.55. The molecule has 3 nitrogen and oxygen atoms in total. The monoisotopic (exact) mass is 266 g/mol. The van der Waals surface area contributed by atoms with Crippen LogP contribution in [-0.4, -0.2) is 25.4 Å². The Morgan fingerprint density at radius 3 is 2.78 bits per heavy atom. The van der Waals surface area contributed by atoms with Gasteiger partial charge in [-0.2, -0.15) is 12.6 Å². The predicted molar refractivity (Wildman–Crippen MR) is 73.4 cm³/mol. The summed E-state index contributed by atoms with van der Waals surface area (Å²) in [6, 6.07) is 7.10. The Bertz CT molecular complexity index is 421. The zero-order chi connectivity index (χ0) is 13.0. The highest BCUT2D eigenvalue weighted by Crippen LogP contribution is 2.42. The first-order chi connectivity index (χ1) is 8.69. The molecule has 0 aliphatic heterocycles. The van der Waals surface area contributed by atoms with E-state index in [-0.39, 0.29) is 11.4 Å². The minimum absolute atomic E-state index is 0.227. The van der Waals surface area contributed by atoms with Crippen molar-refractivity contribution in [3.05, 3.63) is 29.8 Å². The van der Waals surface area contributed by atoms with E-state index in [1.165, 1.54) is 26.4 Å². The Kier molecular flexibility index (Phi) is 4.17. The molecule has 1 aliphatic carbocycles. The summed E-state index contributed by atoms with van der Waals surface area (Å²) in [5, 5.41) is 0. The standard InChI is InChI=1S/C14H18O3S/c1-16-13(15)11-4-2-5-12(8-11)17-9-14(10-18)6-3-7-14/h2,4-5,8,18H,3,6-7,9-10H2,1H3. The summed E-state index contributed by atoms with van der Waals surface area (Å²) in [4.78, 5) is 11.4. The van der Waals surface area contributed by atoms with Gasteiger partial charge in [0.05, 0.1) is 19.3 Å². The molecule has 4 heteroatoms. The number of ether oxygens (including phenoxy) is 2. The van der Waals surface area contributed by atoms with Crippen LogP contribution in [0.1, 0.15) is 29.6 Å². The molecular formula is C14H18O3S. The summed E-state index contributed by atoms with van der Waals surface area (Å²) in [6.07, 6.45) is 3.60. The molecule has 0 unspecified atom stereocenters. The number of carbonyl (C=O) groups excluding carboxylic acids is 1. The van der Waals surface area contributed by atoms with Crippen molar-refractivity contribution in [3.63, 3.8) is 0 Å². The van der Waals surface area contributed by atoms with Crippen LogP contribution in [0.5, 0.6) is 5.75 Å². The molecule has 0 atom stereocenters. The fourth-order valence-corrected chi connectivity index (χ4v) is 2.50. The maximum atomic E-state index is 11.4. The van der Waals surface area contributed by atoms with Gasteiger partial charge in [-0.05, 0) is 36.8 Å². The number of esters is 1. The molecule has 1 aliphatic rings. The van der Waals surface area contributed by atoms with Gasteiger partial charge in [-0.25, -0.2) is 4.79 Å². The summed E-state index contributed by atoms with van der Waals surface area (Å²) in [6.45, 7) is 0.668. The number of hydrogen-bond acceptors (Lipinski definition) is 4. The van der Waals surface area contributed by atoms with Gasteiger partial charge in [-0.15, -0.1) is 0 Å². The lowest BCUT2D eigenvalue weighted by Crippen LogP contribution is -2.37. The van der Waals surface area contributed by atoms with Crippen LogP contribution < -0.4 is 4.74 Å². The molecule has 0 heterocycles. The number of benzene rings is 1. The van der Waals surface area contributed by atoms with Gasteiger partial charge in [-0.3, -0.25) is 0 Å². The van der Waals surface area contributed by atoms with Gasteiger partial charge in [0.15, 0.2) is 0 Å². The quantitative estimate of drug-likeness (QED) is 0.657. The maximum absolute atomic E-state index is 11.4. The highest BCUT2D eigenvalue weighted by atomic mass is 32.1. The average molecular weight is 266 g/mol. The van der Waals surface area contributed by atoms with E-state index in [0.29, 0.717) is 17.9 Å². The van der Waals surface area contributed by atoms with Gasteiger partial charge in [-0.1, -0.05) is 12.5 Å². The molecule has 0 aromatic heterocycles. The average Bonchev–Trinajstić information content (AvgIpc) is 2.37. The Morgan fingerprint density at radius 1 is 1.44 bits per heavy atom. The highest BCUT2D eigenvalue weighted by Gasteiger charge is 2.36. The third kappa shape index (κ3) is 2.80. The van der Waals surface area contributed by atoms with E-state index in [4.69, 9.17) is 4.74 Å². The van der Waals surface area contributed by atoms with Crippen LogP contribution in [0.3, 0.4) is 0 Å². The molecular weight excluding hydrogens is 248 g/mol. The van der Waals surface area contributed by atoms with Crippen molar-refractivity contribution in [2.75, 3.05) is 19.5 Å². The molecule has 2 rings (SSSR count). The zero-order valence-corrected chi connectivity index (χ0v) is 11.4. The molecule has 0 saturated heterocycles. The summed E-state index contributed by atoms with van der Waals surface area (Å²) >= 11 is 4.39. The number of carbonyl (C=O) groups is 1. The Labute approximate surface area is 113 Å². The SMILES string of the molecule is COC(=O)c1cccc(OCC2(CS)CCC2)c1. The summed E-state index contributed by atoms with van der Waals surface area (Å²) in [7, 11) is 1.38. The van der Waals surface area contributed by atoms with Crippen molar-refractivity contribution < 1.29 is 14.3 Å². The summed E-state index contributed by atoms with van der Waals surface area (Å²) in [5.41, 5.74) is 0.744. The largest absolute Gasteiger partial charge is 0.493 e. The molecule has 0 radical (unpaired) electrons. The second-order valence-electron chi connectivity index (χ2n) is 4.82. The van der Waals surface area contributed by atoms with Gasteiger partial charge in [0.1, 0.15) is 5.75 Å². The number of thiol groups is 1. The van der Waals surface area contributed by atoms with Gasteiger partial charge in [0.2, 0.25) is 0 Å². The first-order valence-corrected chi connectivity index (χ1v) is 6.74. The van der Waals surface area contributed by atoms with Gasteiger partial charge < -0.3 is 9.47 Å². The summed E-state index contributed by atoms with van der Waals surface area (Å²) in [5.74, 6) is 1.22. The van der Waals surface area contributed by atoms with E-state index in [9.17, 15) is 4.79 Å². The van der Waals surface area contributed by atoms with E-state index in [1.54, 1.807) is 18.2 Å². The molecule has 0 amide bonds. The van der Waals surface area contributed by atoms with E-state index in [2.05, 4.69) is 17.4 Å². The number of rotatable bonds is 5. The van der Waals surface area contributed by atoms with Crippen molar-refractivity contribution in [3.8, 4) is 5.75 Å².